The van der Waals surface area contributed by atoms with E-state index in [2.05, 4.69) is 6.92 Å². The van der Waals surface area contributed by atoms with Crippen molar-refractivity contribution in [3.8, 4) is 0 Å². The molecule has 0 N–H and O–H groups in total. The van der Waals surface area contributed by atoms with Gasteiger partial charge in [-0.15, -0.1) is 0 Å². The molecule has 3 heteroatoms. The van der Waals surface area contributed by atoms with Crippen LogP contribution in [0, 0.1) is 0 Å². The molecule has 0 saturated heterocycles. The molecule has 1 aromatic carbocycles. The Balaban J connectivity index is 2.18. The first kappa shape index (κ1) is 12.4. The maximum atomic E-state index is 11.5. The van der Waals surface area contributed by atoms with Gasteiger partial charge in [0.15, 0.2) is 0 Å². The first-order valence-electron chi connectivity index (χ1n) is 6.10. The number of ether oxygens (including phenoxy) is 1. The summed E-state index contributed by atoms with van der Waals surface area (Å²) in [6, 6.07) is 5.85. The van der Waals surface area contributed by atoms with Crippen LogP contribution in [0.3, 0.4) is 0 Å². The molecule has 0 fully saturated rings. The summed E-state index contributed by atoms with van der Waals surface area (Å²) in [5.41, 5.74) is 2.33. The van der Waals surface area contributed by atoms with E-state index in [-0.39, 0.29) is 12.1 Å². The largest absolute Gasteiger partial charge is 0.457 e. The van der Waals surface area contributed by atoms with Gasteiger partial charge in [0.1, 0.15) is 6.10 Å². The van der Waals surface area contributed by atoms with Crippen LogP contribution in [0.2, 0.25) is 5.02 Å². The number of hydrogen-bond acceptors (Lipinski definition) is 2. The predicted octanol–water partition coefficient (Wildman–Crippen LogP) is 4.23. The summed E-state index contributed by atoms with van der Waals surface area (Å²) in [6.07, 6.45) is 2.06. The van der Waals surface area contributed by atoms with Crippen molar-refractivity contribution in [2.75, 3.05) is 0 Å². The van der Waals surface area contributed by atoms with E-state index in [0.717, 1.165) is 18.4 Å². The van der Waals surface area contributed by atoms with E-state index >= 15 is 0 Å². The molecule has 17 heavy (non-hydrogen) atoms. The summed E-state index contributed by atoms with van der Waals surface area (Å²) in [7, 11) is 0. The van der Waals surface area contributed by atoms with E-state index in [4.69, 9.17) is 16.3 Å². The smallest absolute Gasteiger partial charge is 0.306 e. The average molecular weight is 253 g/mol. The molecule has 0 saturated carbocycles. The van der Waals surface area contributed by atoms with Gasteiger partial charge < -0.3 is 4.74 Å². The highest BCUT2D eigenvalue weighted by Gasteiger charge is 2.30. The third kappa shape index (κ3) is 2.63. The SMILES string of the molecule is CCCC(=O)O[C@@H]1C[C@H](C)c2ccc(Cl)cc21. The number of rotatable bonds is 3. The van der Waals surface area contributed by atoms with E-state index in [1.165, 1.54) is 5.56 Å². The number of fused-ring (bicyclic) bond motifs is 1. The first-order valence-corrected chi connectivity index (χ1v) is 6.48. The van der Waals surface area contributed by atoms with Crippen molar-refractivity contribution in [1.82, 2.24) is 0 Å². The van der Waals surface area contributed by atoms with Crippen molar-refractivity contribution in [2.45, 2.75) is 45.1 Å². The van der Waals surface area contributed by atoms with Crippen molar-refractivity contribution in [1.29, 1.82) is 0 Å². The summed E-state index contributed by atoms with van der Waals surface area (Å²) in [4.78, 5) is 11.5. The second kappa shape index (κ2) is 5.09. The van der Waals surface area contributed by atoms with Gasteiger partial charge in [0.25, 0.3) is 0 Å². The van der Waals surface area contributed by atoms with Gasteiger partial charge in [0, 0.05) is 11.4 Å². The molecule has 0 aliphatic heterocycles. The van der Waals surface area contributed by atoms with Crippen LogP contribution < -0.4 is 0 Å². The summed E-state index contributed by atoms with van der Waals surface area (Å²) < 4.78 is 5.51. The van der Waals surface area contributed by atoms with Crippen LogP contribution in [0.4, 0.5) is 0 Å². The van der Waals surface area contributed by atoms with Crippen molar-refractivity contribution >= 4 is 17.6 Å². The Morgan fingerprint density at radius 1 is 1.47 bits per heavy atom. The highest BCUT2D eigenvalue weighted by atomic mass is 35.5. The highest BCUT2D eigenvalue weighted by Crippen LogP contribution is 2.43. The maximum absolute atomic E-state index is 11.5. The topological polar surface area (TPSA) is 26.3 Å². The number of hydrogen-bond donors (Lipinski definition) is 0. The lowest BCUT2D eigenvalue weighted by Gasteiger charge is -2.13. The molecule has 92 valence electrons. The summed E-state index contributed by atoms with van der Waals surface area (Å²) in [6.45, 7) is 4.13. The van der Waals surface area contributed by atoms with Gasteiger partial charge in [-0.1, -0.05) is 31.5 Å². The molecule has 1 aliphatic carbocycles. The molecule has 1 aliphatic rings. The van der Waals surface area contributed by atoms with E-state index in [1.807, 2.05) is 25.1 Å². The molecule has 2 nitrogen and oxygen atoms in total. The quantitative estimate of drug-likeness (QED) is 0.753. The summed E-state index contributed by atoms with van der Waals surface area (Å²) in [5, 5.41) is 0.703. The van der Waals surface area contributed by atoms with Crippen LogP contribution in [0.1, 0.15) is 56.3 Å². The van der Waals surface area contributed by atoms with Gasteiger partial charge in [-0.3, -0.25) is 4.79 Å². The molecule has 0 radical (unpaired) electrons. The monoisotopic (exact) mass is 252 g/mol. The third-order valence-corrected chi connectivity index (χ3v) is 3.46. The Hall–Kier alpha value is -1.02. The number of esters is 1. The third-order valence-electron chi connectivity index (χ3n) is 3.22. The molecule has 0 heterocycles. The second-order valence-electron chi connectivity index (χ2n) is 4.64. The molecule has 0 aromatic heterocycles. The van der Waals surface area contributed by atoms with Gasteiger partial charge in [-0.25, -0.2) is 0 Å². The van der Waals surface area contributed by atoms with Crippen molar-refractivity contribution in [3.05, 3.63) is 34.3 Å². The van der Waals surface area contributed by atoms with Gasteiger partial charge >= 0.3 is 5.97 Å². The first-order chi connectivity index (χ1) is 8.11. The lowest BCUT2D eigenvalue weighted by atomic mass is 10.0. The molecule has 0 unspecified atom stereocenters. The Kier molecular flexibility index (Phi) is 3.72. The van der Waals surface area contributed by atoms with Crippen LogP contribution in [0.15, 0.2) is 18.2 Å². The number of halogens is 1. The molecule has 0 spiro atoms. The number of carbonyl (C=O) groups excluding carboxylic acids is 1. The van der Waals surface area contributed by atoms with Crippen molar-refractivity contribution in [3.63, 3.8) is 0 Å². The van der Waals surface area contributed by atoms with Crippen molar-refractivity contribution in [2.24, 2.45) is 0 Å². The van der Waals surface area contributed by atoms with Crippen LogP contribution in [0.5, 0.6) is 0 Å². The molecular formula is C14H17ClO2. The molecule has 2 rings (SSSR count). The van der Waals surface area contributed by atoms with E-state index in [0.29, 0.717) is 17.4 Å². The Bertz CT molecular complexity index is 428. The van der Waals surface area contributed by atoms with E-state index in [1.54, 1.807) is 0 Å². The summed E-state index contributed by atoms with van der Waals surface area (Å²) >= 11 is 5.99. The van der Waals surface area contributed by atoms with Gasteiger partial charge in [-0.2, -0.15) is 0 Å². The standard InChI is InChI=1S/C14H17ClO2/c1-3-4-14(16)17-13-7-9(2)11-6-5-10(15)8-12(11)13/h5-6,8-9,13H,3-4,7H2,1-2H3/t9-,13+/m0/s1. The molecule has 1 aromatic rings. The van der Waals surface area contributed by atoms with E-state index in [9.17, 15) is 4.79 Å². The van der Waals surface area contributed by atoms with Gasteiger partial charge in [0.2, 0.25) is 0 Å². The van der Waals surface area contributed by atoms with E-state index < -0.39 is 0 Å². The minimum absolute atomic E-state index is 0.113. The molecule has 2 atom stereocenters. The zero-order chi connectivity index (χ0) is 12.4. The summed E-state index contributed by atoms with van der Waals surface area (Å²) in [5.74, 6) is 0.319. The van der Waals surface area contributed by atoms with Crippen LogP contribution in [-0.2, 0) is 9.53 Å². The fourth-order valence-electron chi connectivity index (χ4n) is 2.38. The van der Waals surface area contributed by atoms with Crippen LogP contribution in [-0.4, -0.2) is 5.97 Å². The minimum Gasteiger partial charge on any atom is -0.457 e. The maximum Gasteiger partial charge on any atom is 0.306 e. The zero-order valence-electron chi connectivity index (χ0n) is 10.2. The van der Waals surface area contributed by atoms with Gasteiger partial charge in [-0.05, 0) is 42.0 Å². The number of benzene rings is 1. The predicted molar refractivity (Wildman–Crippen MR) is 68.2 cm³/mol. The highest BCUT2D eigenvalue weighted by molar-refractivity contribution is 6.30. The number of carbonyl (C=O) groups is 1. The average Bonchev–Trinajstić information content (AvgIpc) is 2.55. The minimum atomic E-state index is -0.113. The lowest BCUT2D eigenvalue weighted by molar-refractivity contribution is -0.149. The van der Waals surface area contributed by atoms with Crippen molar-refractivity contribution < 1.29 is 9.53 Å². The Morgan fingerprint density at radius 3 is 2.94 bits per heavy atom. The Labute approximate surface area is 107 Å². The normalized spacial score (nSPS) is 22.3. The van der Waals surface area contributed by atoms with Crippen LogP contribution >= 0.6 is 11.6 Å². The molecule has 0 bridgehead atoms. The second-order valence-corrected chi connectivity index (χ2v) is 5.07. The zero-order valence-corrected chi connectivity index (χ0v) is 11.0. The Morgan fingerprint density at radius 2 is 2.24 bits per heavy atom. The fourth-order valence-corrected chi connectivity index (χ4v) is 2.56. The fraction of sp³-hybridized carbons (Fsp3) is 0.500. The molecule has 0 amide bonds. The van der Waals surface area contributed by atoms with Gasteiger partial charge in [0.05, 0.1) is 0 Å². The lowest BCUT2D eigenvalue weighted by Crippen LogP contribution is -2.08. The van der Waals surface area contributed by atoms with Crippen LogP contribution in [0.25, 0.3) is 0 Å². The molecular weight excluding hydrogens is 236 g/mol.